The van der Waals surface area contributed by atoms with Crippen molar-refractivity contribution in [1.29, 1.82) is 0 Å². The molecule has 14 heavy (non-hydrogen) atoms. The van der Waals surface area contributed by atoms with Gasteiger partial charge < -0.3 is 0 Å². The van der Waals surface area contributed by atoms with Crippen molar-refractivity contribution >= 4 is 0 Å². The molecular formula is C11H16N2O. The van der Waals surface area contributed by atoms with Gasteiger partial charge in [-0.3, -0.25) is 9.89 Å². The first-order chi connectivity index (χ1) is 6.86. The third-order valence-electron chi connectivity index (χ3n) is 3.64. The molecule has 1 aromatic rings. The summed E-state index contributed by atoms with van der Waals surface area (Å²) in [4.78, 5) is 12.0. The summed E-state index contributed by atoms with van der Waals surface area (Å²) < 4.78 is 1.89. The summed E-state index contributed by atoms with van der Waals surface area (Å²) in [6.07, 6.45) is 8.12. The van der Waals surface area contributed by atoms with Crippen LogP contribution in [0.5, 0.6) is 0 Å². The Morgan fingerprint density at radius 3 is 2.57 bits per heavy atom. The number of aryl methyl sites for hydroxylation is 1. The molecule has 1 fully saturated rings. The SMILES string of the molecule is O=c1c2c([nH]n1C1CCC1)CCCC2. The Morgan fingerprint density at radius 2 is 1.93 bits per heavy atom. The number of aromatic amines is 1. The molecule has 0 unspecified atom stereocenters. The minimum atomic E-state index is 0.268. The van der Waals surface area contributed by atoms with Gasteiger partial charge in [0.05, 0.1) is 6.04 Å². The lowest BCUT2D eigenvalue weighted by atomic mass is 9.93. The second-order valence-electron chi connectivity index (χ2n) is 4.54. The van der Waals surface area contributed by atoms with Crippen LogP contribution in [0.15, 0.2) is 4.79 Å². The van der Waals surface area contributed by atoms with Gasteiger partial charge in [-0.2, -0.15) is 0 Å². The smallest absolute Gasteiger partial charge is 0.270 e. The van der Waals surface area contributed by atoms with E-state index in [4.69, 9.17) is 0 Å². The Hall–Kier alpha value is -0.990. The highest BCUT2D eigenvalue weighted by Gasteiger charge is 2.25. The van der Waals surface area contributed by atoms with E-state index in [0.717, 1.165) is 18.4 Å². The van der Waals surface area contributed by atoms with Crippen LogP contribution in [0.3, 0.4) is 0 Å². The fraction of sp³-hybridized carbons (Fsp3) is 0.727. The molecule has 1 aromatic heterocycles. The minimum Gasteiger partial charge on any atom is -0.299 e. The van der Waals surface area contributed by atoms with E-state index in [2.05, 4.69) is 5.10 Å². The van der Waals surface area contributed by atoms with E-state index < -0.39 is 0 Å². The Bertz CT molecular complexity index is 398. The van der Waals surface area contributed by atoms with Gasteiger partial charge in [-0.15, -0.1) is 0 Å². The van der Waals surface area contributed by atoms with Gasteiger partial charge in [0.2, 0.25) is 0 Å². The number of H-pyrrole nitrogens is 1. The Morgan fingerprint density at radius 1 is 1.14 bits per heavy atom. The number of nitrogens with one attached hydrogen (secondary N) is 1. The monoisotopic (exact) mass is 192 g/mol. The highest BCUT2D eigenvalue weighted by Crippen LogP contribution is 2.30. The molecule has 0 saturated heterocycles. The summed E-state index contributed by atoms with van der Waals surface area (Å²) in [5.74, 6) is 0. The van der Waals surface area contributed by atoms with Gasteiger partial charge in [0.15, 0.2) is 0 Å². The molecule has 0 spiro atoms. The zero-order valence-corrected chi connectivity index (χ0v) is 8.38. The van der Waals surface area contributed by atoms with Crippen molar-refractivity contribution in [2.24, 2.45) is 0 Å². The topological polar surface area (TPSA) is 37.8 Å². The van der Waals surface area contributed by atoms with Gasteiger partial charge in [0.1, 0.15) is 0 Å². The third kappa shape index (κ3) is 1.08. The molecule has 0 atom stereocenters. The first-order valence-corrected chi connectivity index (χ1v) is 5.68. The van der Waals surface area contributed by atoms with Crippen molar-refractivity contribution in [3.05, 3.63) is 21.6 Å². The highest BCUT2D eigenvalue weighted by atomic mass is 16.1. The fourth-order valence-electron chi connectivity index (χ4n) is 2.51. The molecule has 0 aliphatic heterocycles. The molecule has 1 saturated carbocycles. The van der Waals surface area contributed by atoms with E-state index >= 15 is 0 Å². The summed E-state index contributed by atoms with van der Waals surface area (Å²) in [6.45, 7) is 0. The van der Waals surface area contributed by atoms with Gasteiger partial charge in [-0.25, -0.2) is 4.68 Å². The van der Waals surface area contributed by atoms with Crippen LogP contribution in [-0.4, -0.2) is 9.78 Å². The maximum atomic E-state index is 12.0. The Kier molecular flexibility index (Phi) is 1.79. The van der Waals surface area contributed by atoms with Gasteiger partial charge in [0.25, 0.3) is 5.56 Å². The zero-order valence-electron chi connectivity index (χ0n) is 8.38. The molecule has 3 heteroatoms. The van der Waals surface area contributed by atoms with Crippen molar-refractivity contribution in [1.82, 2.24) is 9.78 Å². The van der Waals surface area contributed by atoms with Gasteiger partial charge in [-0.1, -0.05) is 0 Å². The summed E-state index contributed by atoms with van der Waals surface area (Å²) >= 11 is 0. The Balaban J connectivity index is 2.04. The third-order valence-corrected chi connectivity index (χ3v) is 3.64. The van der Waals surface area contributed by atoms with E-state index in [9.17, 15) is 4.79 Å². The van der Waals surface area contributed by atoms with Gasteiger partial charge in [0, 0.05) is 11.3 Å². The number of hydrogen-bond acceptors (Lipinski definition) is 1. The average molecular weight is 192 g/mol. The zero-order chi connectivity index (χ0) is 9.54. The largest absolute Gasteiger partial charge is 0.299 e. The maximum Gasteiger partial charge on any atom is 0.270 e. The lowest BCUT2D eigenvalue weighted by molar-refractivity contribution is 0.282. The number of nitrogens with zero attached hydrogens (tertiary/aromatic N) is 1. The van der Waals surface area contributed by atoms with Crippen LogP contribution >= 0.6 is 0 Å². The van der Waals surface area contributed by atoms with Gasteiger partial charge in [-0.05, 0) is 44.9 Å². The Labute approximate surface area is 83.1 Å². The molecule has 2 aliphatic rings. The van der Waals surface area contributed by atoms with Crippen LogP contribution in [0.25, 0.3) is 0 Å². The van der Waals surface area contributed by atoms with E-state index in [1.165, 1.54) is 37.8 Å². The molecule has 0 bridgehead atoms. The molecule has 76 valence electrons. The maximum absolute atomic E-state index is 12.0. The fourth-order valence-corrected chi connectivity index (χ4v) is 2.51. The number of aromatic nitrogens is 2. The van der Waals surface area contributed by atoms with Crippen molar-refractivity contribution in [2.75, 3.05) is 0 Å². The van der Waals surface area contributed by atoms with Crippen LogP contribution in [0.1, 0.15) is 49.4 Å². The summed E-state index contributed by atoms with van der Waals surface area (Å²) in [7, 11) is 0. The van der Waals surface area contributed by atoms with Crippen molar-refractivity contribution < 1.29 is 0 Å². The highest BCUT2D eigenvalue weighted by molar-refractivity contribution is 5.20. The molecule has 2 aliphatic carbocycles. The summed E-state index contributed by atoms with van der Waals surface area (Å²) in [5, 5.41) is 3.31. The molecule has 0 aromatic carbocycles. The molecule has 0 radical (unpaired) electrons. The van der Waals surface area contributed by atoms with Crippen molar-refractivity contribution in [3.8, 4) is 0 Å². The molecule has 3 nitrogen and oxygen atoms in total. The van der Waals surface area contributed by atoms with Crippen molar-refractivity contribution in [2.45, 2.75) is 51.0 Å². The first kappa shape index (κ1) is 8.33. The van der Waals surface area contributed by atoms with Crippen LogP contribution in [0, 0.1) is 0 Å². The van der Waals surface area contributed by atoms with E-state index in [1.54, 1.807) is 0 Å². The van der Waals surface area contributed by atoms with E-state index in [0.29, 0.717) is 6.04 Å². The minimum absolute atomic E-state index is 0.268. The molecule has 1 N–H and O–H groups in total. The summed E-state index contributed by atoms with van der Waals surface area (Å²) in [5.41, 5.74) is 2.56. The number of rotatable bonds is 1. The van der Waals surface area contributed by atoms with E-state index in [1.807, 2.05) is 4.68 Å². The molecule has 0 amide bonds. The quantitative estimate of drug-likeness (QED) is 0.723. The lowest BCUT2D eigenvalue weighted by Crippen LogP contribution is -2.28. The van der Waals surface area contributed by atoms with Crippen LogP contribution < -0.4 is 5.56 Å². The predicted molar refractivity (Wildman–Crippen MR) is 54.6 cm³/mol. The second-order valence-corrected chi connectivity index (χ2v) is 4.54. The number of hydrogen-bond donors (Lipinski definition) is 1. The lowest BCUT2D eigenvalue weighted by Gasteiger charge is -2.25. The van der Waals surface area contributed by atoms with Crippen molar-refractivity contribution in [3.63, 3.8) is 0 Å². The molecule has 3 rings (SSSR count). The molecular weight excluding hydrogens is 176 g/mol. The normalized spacial score (nSPS) is 21.7. The average Bonchev–Trinajstić information content (AvgIpc) is 2.43. The standard InChI is InChI=1S/C11H16N2O/c14-11-9-6-1-2-7-10(9)12-13(11)8-4-3-5-8/h8,12H,1-7H2. The molecule has 1 heterocycles. The first-order valence-electron chi connectivity index (χ1n) is 5.68. The van der Waals surface area contributed by atoms with Crippen LogP contribution in [0.4, 0.5) is 0 Å². The van der Waals surface area contributed by atoms with E-state index in [-0.39, 0.29) is 5.56 Å². The predicted octanol–water partition coefficient (Wildman–Crippen LogP) is 1.78. The number of fused-ring (bicyclic) bond motifs is 1. The van der Waals surface area contributed by atoms with Gasteiger partial charge >= 0.3 is 0 Å². The second kappa shape index (κ2) is 3.01. The summed E-state index contributed by atoms with van der Waals surface area (Å²) in [6, 6.07) is 0.480. The van der Waals surface area contributed by atoms with Crippen LogP contribution in [0.2, 0.25) is 0 Å². The van der Waals surface area contributed by atoms with Crippen LogP contribution in [-0.2, 0) is 12.8 Å².